The molecule has 0 unspecified atom stereocenters. The second kappa shape index (κ2) is 17.2. The number of piperidine rings is 1. The molecule has 0 aromatic carbocycles. The van der Waals surface area contributed by atoms with Crippen molar-refractivity contribution in [3.8, 4) is 0 Å². The van der Waals surface area contributed by atoms with Gasteiger partial charge in [-0.3, -0.25) is 4.90 Å². The second-order valence-electron chi connectivity index (χ2n) is 9.09. The van der Waals surface area contributed by atoms with Crippen LogP contribution < -0.4 is 5.32 Å². The highest BCUT2D eigenvalue weighted by atomic mass is 15.3. The number of hydrogen-bond acceptors (Lipinski definition) is 4. The maximum Gasteiger partial charge on any atom is 0.0164 e. The largest absolute Gasteiger partial charge is 0.391 e. The minimum atomic E-state index is 0.922. The summed E-state index contributed by atoms with van der Waals surface area (Å²) in [5.74, 6) is 0.922. The van der Waals surface area contributed by atoms with Gasteiger partial charge in [-0.2, -0.15) is 0 Å². The normalized spacial score (nSPS) is 20.8. The van der Waals surface area contributed by atoms with Crippen LogP contribution in [0.1, 0.15) is 52.4 Å². The first-order chi connectivity index (χ1) is 15.3. The fourth-order valence-corrected chi connectivity index (χ4v) is 4.53. The van der Waals surface area contributed by atoms with Gasteiger partial charge in [0.1, 0.15) is 0 Å². The molecule has 0 atom stereocenters. The van der Waals surface area contributed by atoms with Crippen LogP contribution in [-0.4, -0.2) is 80.1 Å². The van der Waals surface area contributed by atoms with Crippen molar-refractivity contribution >= 4 is 0 Å². The minimum absolute atomic E-state index is 0.922. The van der Waals surface area contributed by atoms with Gasteiger partial charge in [0.05, 0.1) is 0 Å². The van der Waals surface area contributed by atoms with Crippen LogP contribution in [0.15, 0.2) is 48.7 Å². The van der Waals surface area contributed by atoms with Crippen LogP contribution in [-0.2, 0) is 0 Å². The molecule has 4 heteroatoms. The number of unbranched alkanes of at least 4 members (excludes halogenated alkanes) is 3. The zero-order valence-electron chi connectivity index (χ0n) is 20.4. The third-order valence-corrected chi connectivity index (χ3v) is 6.57. The molecular weight excluding hydrogens is 380 g/mol. The van der Waals surface area contributed by atoms with Gasteiger partial charge in [0.25, 0.3) is 0 Å². The Morgan fingerprint density at radius 2 is 1.42 bits per heavy atom. The topological polar surface area (TPSA) is 21.8 Å². The number of piperazine rings is 1. The summed E-state index contributed by atoms with van der Waals surface area (Å²) in [7, 11) is 0. The lowest BCUT2D eigenvalue weighted by Gasteiger charge is -2.38. The molecule has 2 rings (SSSR count). The highest BCUT2D eigenvalue weighted by Crippen LogP contribution is 2.19. The maximum absolute atomic E-state index is 3.38. The summed E-state index contributed by atoms with van der Waals surface area (Å²) in [6.45, 7) is 16.6. The summed E-state index contributed by atoms with van der Waals surface area (Å²) in [5, 5.41) is 3.38. The zero-order chi connectivity index (χ0) is 22.0. The molecule has 2 fully saturated rings. The highest BCUT2D eigenvalue weighted by molar-refractivity contribution is 5.09. The highest BCUT2D eigenvalue weighted by Gasteiger charge is 2.23. The van der Waals surface area contributed by atoms with Crippen LogP contribution in [0.4, 0.5) is 0 Å². The van der Waals surface area contributed by atoms with Crippen molar-refractivity contribution in [3.63, 3.8) is 0 Å². The summed E-state index contributed by atoms with van der Waals surface area (Å²) < 4.78 is 0. The molecule has 4 nitrogen and oxygen atoms in total. The van der Waals surface area contributed by atoms with Crippen LogP contribution in [0.5, 0.6) is 0 Å². The van der Waals surface area contributed by atoms with Crippen molar-refractivity contribution in [2.45, 2.75) is 52.4 Å². The van der Waals surface area contributed by atoms with Crippen molar-refractivity contribution in [1.29, 1.82) is 0 Å². The van der Waals surface area contributed by atoms with Gasteiger partial charge in [0.2, 0.25) is 0 Å². The molecule has 176 valence electrons. The van der Waals surface area contributed by atoms with E-state index >= 15 is 0 Å². The van der Waals surface area contributed by atoms with E-state index in [1.54, 1.807) is 0 Å². The monoisotopic (exact) mass is 428 g/mol. The van der Waals surface area contributed by atoms with Crippen molar-refractivity contribution in [1.82, 2.24) is 20.0 Å². The number of allylic oxidation sites excluding steroid dienone is 6. The maximum atomic E-state index is 3.38. The molecule has 2 saturated heterocycles. The molecule has 2 heterocycles. The van der Waals surface area contributed by atoms with Gasteiger partial charge >= 0.3 is 0 Å². The quantitative estimate of drug-likeness (QED) is 0.246. The standard InChI is InChI=1S/C27H48N4/c1-3-5-7-8-11-16-28-17-12-9-10-13-19-29-20-14-27(15-21-29)26-31-24-22-30(23-25-31)18-6-4-2/h3-8,11,16,27-28H,9-10,12-15,17-26H2,1-2H3/b5-3-,6-4+,8-7-,16-11+. The molecule has 1 N–H and O–H groups in total. The molecule has 0 spiro atoms. The summed E-state index contributed by atoms with van der Waals surface area (Å²) >= 11 is 0. The first-order valence-electron chi connectivity index (χ1n) is 12.8. The van der Waals surface area contributed by atoms with E-state index in [-0.39, 0.29) is 0 Å². The molecule has 0 bridgehead atoms. The van der Waals surface area contributed by atoms with E-state index in [2.05, 4.69) is 57.3 Å². The predicted octanol–water partition coefficient (Wildman–Crippen LogP) is 4.69. The van der Waals surface area contributed by atoms with Crippen LogP contribution >= 0.6 is 0 Å². The number of hydrogen-bond donors (Lipinski definition) is 1. The Labute approximate surface area is 192 Å². The Morgan fingerprint density at radius 1 is 0.710 bits per heavy atom. The Kier molecular flexibility index (Phi) is 14.4. The van der Waals surface area contributed by atoms with Gasteiger partial charge in [0.15, 0.2) is 0 Å². The van der Waals surface area contributed by atoms with Gasteiger partial charge < -0.3 is 15.1 Å². The van der Waals surface area contributed by atoms with Gasteiger partial charge in [-0.1, -0.05) is 49.3 Å². The van der Waals surface area contributed by atoms with Crippen molar-refractivity contribution < 1.29 is 0 Å². The molecule has 2 aliphatic rings. The van der Waals surface area contributed by atoms with Crippen LogP contribution in [0, 0.1) is 5.92 Å². The summed E-state index contributed by atoms with van der Waals surface area (Å²) in [6, 6.07) is 0. The Hall–Kier alpha value is -1.36. The van der Waals surface area contributed by atoms with Crippen molar-refractivity contribution in [2.75, 3.05) is 65.4 Å². The average molecular weight is 429 g/mol. The molecule has 2 aliphatic heterocycles. The average Bonchev–Trinajstić information content (AvgIpc) is 2.80. The van der Waals surface area contributed by atoms with E-state index in [9.17, 15) is 0 Å². The lowest BCUT2D eigenvalue weighted by Crippen LogP contribution is -2.48. The molecule has 0 amide bonds. The lowest BCUT2D eigenvalue weighted by atomic mass is 9.95. The summed E-state index contributed by atoms with van der Waals surface area (Å²) in [6.07, 6.45) is 24.9. The van der Waals surface area contributed by atoms with Crippen LogP contribution in [0.2, 0.25) is 0 Å². The van der Waals surface area contributed by atoms with Crippen LogP contribution in [0.25, 0.3) is 0 Å². The Balaban J connectivity index is 1.42. The van der Waals surface area contributed by atoms with E-state index in [1.807, 2.05) is 25.3 Å². The predicted molar refractivity (Wildman–Crippen MR) is 136 cm³/mol. The summed E-state index contributed by atoms with van der Waals surface area (Å²) in [5.41, 5.74) is 0. The third kappa shape index (κ3) is 12.3. The van der Waals surface area contributed by atoms with Crippen molar-refractivity contribution in [2.24, 2.45) is 5.92 Å². The smallest absolute Gasteiger partial charge is 0.0164 e. The van der Waals surface area contributed by atoms with Gasteiger partial charge in [-0.05, 0) is 77.4 Å². The van der Waals surface area contributed by atoms with Gasteiger partial charge in [0, 0.05) is 45.8 Å². The van der Waals surface area contributed by atoms with E-state index in [1.165, 1.54) is 90.9 Å². The van der Waals surface area contributed by atoms with Crippen LogP contribution in [0.3, 0.4) is 0 Å². The van der Waals surface area contributed by atoms with Gasteiger partial charge in [-0.25, -0.2) is 0 Å². The number of likely N-dealkylation sites (tertiary alicyclic amines) is 1. The summed E-state index contributed by atoms with van der Waals surface area (Å²) in [4.78, 5) is 8.01. The first kappa shape index (κ1) is 25.9. The van der Waals surface area contributed by atoms with Gasteiger partial charge in [-0.15, -0.1) is 0 Å². The fourth-order valence-electron chi connectivity index (χ4n) is 4.53. The fraction of sp³-hybridized carbons (Fsp3) is 0.704. The van der Waals surface area contributed by atoms with E-state index in [0.717, 1.165) is 19.0 Å². The Bertz CT molecular complexity index is 535. The Morgan fingerprint density at radius 3 is 2.16 bits per heavy atom. The number of rotatable bonds is 14. The number of nitrogens with zero attached hydrogens (tertiary/aromatic N) is 3. The third-order valence-electron chi connectivity index (χ3n) is 6.57. The van der Waals surface area contributed by atoms with E-state index < -0.39 is 0 Å². The molecule has 0 saturated carbocycles. The van der Waals surface area contributed by atoms with E-state index in [0.29, 0.717) is 0 Å². The molecule has 0 aromatic heterocycles. The second-order valence-corrected chi connectivity index (χ2v) is 9.09. The SMILES string of the molecule is C\C=C/C=C\C=C\NCCCCCCN1CCC(CN2CCN(C/C=C/C)CC2)CC1. The lowest BCUT2D eigenvalue weighted by molar-refractivity contribution is 0.0997. The molecule has 0 aromatic rings. The zero-order valence-corrected chi connectivity index (χ0v) is 20.4. The van der Waals surface area contributed by atoms with Crippen molar-refractivity contribution in [3.05, 3.63) is 48.7 Å². The molecule has 0 radical (unpaired) electrons. The van der Waals surface area contributed by atoms with E-state index in [4.69, 9.17) is 0 Å². The molecular formula is C27H48N4. The molecule has 0 aliphatic carbocycles. The minimum Gasteiger partial charge on any atom is -0.391 e. The molecule has 31 heavy (non-hydrogen) atoms. The first-order valence-corrected chi connectivity index (χ1v) is 12.8. The number of nitrogens with one attached hydrogen (secondary N) is 1.